The predicted octanol–water partition coefficient (Wildman–Crippen LogP) is 4.83. The third-order valence-corrected chi connectivity index (χ3v) is 7.03. The normalized spacial score (nSPS) is 18.2. The first-order valence-corrected chi connectivity index (χ1v) is 12.2. The van der Waals surface area contributed by atoms with Gasteiger partial charge in [0.05, 0.1) is 31.2 Å². The highest BCUT2D eigenvalue weighted by Gasteiger charge is 2.29. The van der Waals surface area contributed by atoms with Gasteiger partial charge in [-0.15, -0.1) is 10.2 Å². The smallest absolute Gasteiger partial charge is 0.233 e. The Labute approximate surface area is 199 Å². The second-order valence-corrected chi connectivity index (χ2v) is 9.20. The number of piperidine rings is 1. The Hall–Kier alpha value is -3.00. The van der Waals surface area contributed by atoms with E-state index in [1.807, 2.05) is 58.0 Å². The number of likely N-dealkylation sites (tertiary alicyclic amines) is 1. The van der Waals surface area contributed by atoms with Crippen LogP contribution in [0.3, 0.4) is 0 Å². The summed E-state index contributed by atoms with van der Waals surface area (Å²) in [5.74, 6) is 2.59. The van der Waals surface area contributed by atoms with E-state index in [9.17, 15) is 4.79 Å². The van der Waals surface area contributed by atoms with Gasteiger partial charge in [0, 0.05) is 12.1 Å². The lowest BCUT2D eigenvalue weighted by Gasteiger charge is -2.39. The molecule has 3 aromatic rings. The van der Waals surface area contributed by atoms with Crippen LogP contribution >= 0.6 is 11.8 Å². The van der Waals surface area contributed by atoms with Crippen molar-refractivity contribution in [1.82, 2.24) is 19.7 Å². The molecule has 0 spiro atoms. The van der Waals surface area contributed by atoms with Crippen LogP contribution in [0, 0.1) is 0 Å². The van der Waals surface area contributed by atoms with Crippen molar-refractivity contribution >= 4 is 17.7 Å². The molecular weight excluding hydrogens is 436 g/mol. The molecule has 0 radical (unpaired) electrons. The lowest BCUT2D eigenvalue weighted by atomic mass is 9.98. The molecule has 2 aromatic carbocycles. The number of methoxy groups -OCH3 is 2. The predicted molar refractivity (Wildman–Crippen MR) is 130 cm³/mol. The number of hydrogen-bond acceptors (Lipinski definition) is 6. The third-order valence-electron chi connectivity index (χ3n) is 6.12. The van der Waals surface area contributed by atoms with E-state index in [2.05, 4.69) is 24.0 Å². The van der Waals surface area contributed by atoms with Crippen LogP contribution in [0.15, 0.2) is 53.7 Å². The van der Waals surface area contributed by atoms with E-state index in [1.54, 1.807) is 14.2 Å². The summed E-state index contributed by atoms with van der Waals surface area (Å²) in [6, 6.07) is 16.0. The molecule has 0 bridgehead atoms. The molecule has 2 atom stereocenters. The molecule has 1 fully saturated rings. The first-order valence-electron chi connectivity index (χ1n) is 11.2. The second-order valence-electron chi connectivity index (χ2n) is 8.26. The minimum Gasteiger partial charge on any atom is -0.497 e. The minimum absolute atomic E-state index is 0.142. The molecule has 8 heteroatoms. The Bertz CT molecular complexity index is 1090. The van der Waals surface area contributed by atoms with E-state index in [0.29, 0.717) is 22.5 Å². The number of thioether (sulfide) groups is 1. The van der Waals surface area contributed by atoms with Crippen LogP contribution in [0.25, 0.3) is 17.1 Å². The van der Waals surface area contributed by atoms with Crippen molar-refractivity contribution in [3.63, 3.8) is 0 Å². The maximum Gasteiger partial charge on any atom is 0.233 e. The molecule has 33 heavy (non-hydrogen) atoms. The van der Waals surface area contributed by atoms with Crippen molar-refractivity contribution in [1.29, 1.82) is 0 Å². The Morgan fingerprint density at radius 3 is 2.36 bits per heavy atom. The number of aromatic nitrogens is 3. The van der Waals surface area contributed by atoms with Gasteiger partial charge in [0.15, 0.2) is 11.0 Å². The number of carbonyl (C=O) groups excluding carboxylic acids is 1. The van der Waals surface area contributed by atoms with Gasteiger partial charge in [-0.1, -0.05) is 23.9 Å². The SMILES string of the molecule is COc1ccc(-n2c(SCC(=O)N3C(C)CCCC3C)nnc2-c2ccccc2OC)cc1. The molecule has 0 N–H and O–H groups in total. The van der Waals surface area contributed by atoms with Gasteiger partial charge in [0.25, 0.3) is 0 Å². The van der Waals surface area contributed by atoms with Gasteiger partial charge in [-0.3, -0.25) is 9.36 Å². The van der Waals surface area contributed by atoms with E-state index in [-0.39, 0.29) is 18.0 Å². The van der Waals surface area contributed by atoms with Gasteiger partial charge >= 0.3 is 0 Å². The average Bonchev–Trinajstić information content (AvgIpc) is 3.26. The fourth-order valence-corrected chi connectivity index (χ4v) is 5.27. The van der Waals surface area contributed by atoms with Crippen LogP contribution in [0.2, 0.25) is 0 Å². The summed E-state index contributed by atoms with van der Waals surface area (Å²) >= 11 is 1.41. The summed E-state index contributed by atoms with van der Waals surface area (Å²) in [5, 5.41) is 9.61. The van der Waals surface area contributed by atoms with E-state index >= 15 is 0 Å². The van der Waals surface area contributed by atoms with Crippen molar-refractivity contribution in [2.45, 2.75) is 50.4 Å². The fraction of sp³-hybridized carbons (Fsp3) is 0.400. The number of amides is 1. The number of nitrogens with zero attached hydrogens (tertiary/aromatic N) is 4. The van der Waals surface area contributed by atoms with Gasteiger partial charge in [-0.2, -0.15) is 0 Å². The standard InChI is InChI=1S/C25H30N4O3S/c1-17-8-7-9-18(2)28(17)23(30)16-33-25-27-26-24(21-10-5-6-11-22(21)32-4)29(25)19-12-14-20(31-3)15-13-19/h5-6,10-15,17-18H,7-9,16H2,1-4H3. The third kappa shape index (κ3) is 4.85. The Kier molecular flexibility index (Phi) is 7.23. The Morgan fingerprint density at radius 1 is 1.00 bits per heavy atom. The lowest BCUT2D eigenvalue weighted by molar-refractivity contribution is -0.134. The number of rotatable bonds is 7. The van der Waals surface area contributed by atoms with Crippen LogP contribution in [0.4, 0.5) is 0 Å². The van der Waals surface area contributed by atoms with Crippen molar-refractivity contribution in [2.75, 3.05) is 20.0 Å². The number of hydrogen-bond donors (Lipinski definition) is 0. The molecule has 4 rings (SSSR count). The van der Waals surface area contributed by atoms with Crippen molar-refractivity contribution in [2.24, 2.45) is 0 Å². The molecule has 2 heterocycles. The second kappa shape index (κ2) is 10.3. The molecule has 7 nitrogen and oxygen atoms in total. The van der Waals surface area contributed by atoms with Gasteiger partial charge in [0.1, 0.15) is 11.5 Å². The summed E-state index contributed by atoms with van der Waals surface area (Å²) < 4.78 is 12.9. The average molecular weight is 467 g/mol. The molecule has 1 aliphatic heterocycles. The maximum atomic E-state index is 13.1. The van der Waals surface area contributed by atoms with Gasteiger partial charge in [0.2, 0.25) is 5.91 Å². The van der Waals surface area contributed by atoms with E-state index in [0.717, 1.165) is 29.8 Å². The van der Waals surface area contributed by atoms with Crippen LogP contribution in [0.5, 0.6) is 11.5 Å². The summed E-state index contributed by atoms with van der Waals surface area (Å²) in [6.45, 7) is 4.27. The molecule has 0 saturated carbocycles. The van der Waals surface area contributed by atoms with Crippen molar-refractivity contribution < 1.29 is 14.3 Å². The van der Waals surface area contributed by atoms with Crippen molar-refractivity contribution in [3.8, 4) is 28.6 Å². The zero-order chi connectivity index (χ0) is 23.4. The molecular formula is C25H30N4O3S. The van der Waals surface area contributed by atoms with Gasteiger partial charge in [-0.25, -0.2) is 0 Å². The molecule has 174 valence electrons. The lowest BCUT2D eigenvalue weighted by Crippen LogP contribution is -2.48. The highest BCUT2D eigenvalue weighted by Crippen LogP contribution is 2.34. The van der Waals surface area contributed by atoms with Crippen LogP contribution in [-0.4, -0.2) is 57.6 Å². The first-order chi connectivity index (χ1) is 16.0. The zero-order valence-electron chi connectivity index (χ0n) is 19.5. The topological polar surface area (TPSA) is 69.5 Å². The van der Waals surface area contributed by atoms with Gasteiger partial charge in [-0.05, 0) is 69.5 Å². The maximum absolute atomic E-state index is 13.1. The van der Waals surface area contributed by atoms with Crippen molar-refractivity contribution in [3.05, 3.63) is 48.5 Å². The van der Waals surface area contributed by atoms with Crippen LogP contribution in [0.1, 0.15) is 33.1 Å². The van der Waals surface area contributed by atoms with E-state index in [4.69, 9.17) is 9.47 Å². The molecule has 1 amide bonds. The monoisotopic (exact) mass is 466 g/mol. The Balaban J connectivity index is 1.67. The molecule has 1 saturated heterocycles. The largest absolute Gasteiger partial charge is 0.497 e. The summed E-state index contributed by atoms with van der Waals surface area (Å²) in [4.78, 5) is 15.1. The number of ether oxygens (including phenoxy) is 2. The van der Waals surface area contributed by atoms with Crippen LogP contribution in [-0.2, 0) is 4.79 Å². The number of para-hydroxylation sites is 1. The molecule has 1 aromatic heterocycles. The quantitative estimate of drug-likeness (QED) is 0.465. The first kappa shape index (κ1) is 23.2. The molecule has 0 aliphatic carbocycles. The number of benzene rings is 2. The van der Waals surface area contributed by atoms with E-state index in [1.165, 1.54) is 18.2 Å². The van der Waals surface area contributed by atoms with E-state index < -0.39 is 0 Å². The minimum atomic E-state index is 0.142. The number of carbonyl (C=O) groups is 1. The summed E-state index contributed by atoms with van der Waals surface area (Å²) in [7, 11) is 3.28. The summed E-state index contributed by atoms with van der Waals surface area (Å²) in [5.41, 5.74) is 1.72. The Morgan fingerprint density at radius 2 is 1.70 bits per heavy atom. The molecule has 1 aliphatic rings. The fourth-order valence-electron chi connectivity index (χ4n) is 4.45. The highest BCUT2D eigenvalue weighted by atomic mass is 32.2. The molecule has 2 unspecified atom stereocenters. The summed E-state index contributed by atoms with van der Waals surface area (Å²) in [6.07, 6.45) is 3.29. The highest BCUT2D eigenvalue weighted by molar-refractivity contribution is 7.99. The van der Waals surface area contributed by atoms with Crippen LogP contribution < -0.4 is 9.47 Å². The zero-order valence-corrected chi connectivity index (χ0v) is 20.3. The van der Waals surface area contributed by atoms with Gasteiger partial charge < -0.3 is 14.4 Å².